The summed E-state index contributed by atoms with van der Waals surface area (Å²) in [4.78, 5) is 0. The number of allylic oxidation sites excluding steroid dienone is 2. The molecule has 0 radical (unpaired) electrons. The Hall–Kier alpha value is -0.440. The predicted molar refractivity (Wildman–Crippen MR) is 84.9 cm³/mol. The van der Waals surface area contributed by atoms with Crippen LogP contribution in [0.3, 0.4) is 0 Å². The molecule has 4 saturated carbocycles. The number of alkyl halides is 2. The van der Waals surface area contributed by atoms with Gasteiger partial charge in [-0.3, -0.25) is 0 Å². The van der Waals surface area contributed by atoms with E-state index in [1.54, 1.807) is 0 Å². The van der Waals surface area contributed by atoms with Crippen molar-refractivity contribution in [1.29, 1.82) is 0 Å². The predicted octanol–water partition coefficient (Wildman–Crippen LogP) is 5.41. The normalized spacial score (nSPS) is 49.3. The second kappa shape index (κ2) is 4.80. The first-order valence-corrected chi connectivity index (χ1v) is 9.79. The third-order valence-corrected chi connectivity index (χ3v) is 8.21. The van der Waals surface area contributed by atoms with E-state index in [2.05, 4.69) is 12.2 Å². The smallest absolute Gasteiger partial charge is 0.314 e. The Balaban J connectivity index is 1.37. The Morgan fingerprint density at radius 1 is 1.04 bits per heavy atom. The Labute approximate surface area is 137 Å². The topological polar surface area (TPSA) is 9.23 Å². The lowest BCUT2D eigenvalue weighted by atomic mass is 9.69. The molecule has 0 N–H and O–H groups in total. The molecule has 7 atom stereocenters. The van der Waals surface area contributed by atoms with Crippen LogP contribution in [0.5, 0.6) is 0 Å². The number of ether oxygens (including phenoxy) is 1. The van der Waals surface area contributed by atoms with E-state index in [0.717, 1.165) is 38.5 Å². The van der Waals surface area contributed by atoms with Crippen molar-refractivity contribution in [3.63, 3.8) is 0 Å². The van der Waals surface area contributed by atoms with Crippen LogP contribution in [0.15, 0.2) is 12.2 Å². The van der Waals surface area contributed by atoms with E-state index in [1.807, 2.05) is 6.92 Å². The first kappa shape index (κ1) is 14.9. The van der Waals surface area contributed by atoms with Crippen LogP contribution in [0.25, 0.3) is 0 Å². The molecule has 5 aliphatic carbocycles. The van der Waals surface area contributed by atoms with E-state index in [1.165, 1.54) is 6.42 Å². The van der Waals surface area contributed by atoms with Crippen molar-refractivity contribution in [3.05, 3.63) is 12.2 Å². The molecule has 0 aromatic heterocycles. The van der Waals surface area contributed by atoms with Gasteiger partial charge in [-0.05, 0) is 74.0 Å². The molecule has 0 aliphatic heterocycles. The maximum absolute atomic E-state index is 15.1. The van der Waals surface area contributed by atoms with Crippen LogP contribution in [0.2, 0.25) is 0 Å². The van der Waals surface area contributed by atoms with E-state index in [4.69, 9.17) is 4.74 Å². The summed E-state index contributed by atoms with van der Waals surface area (Å²) in [6.45, 7) is 2.01. The zero-order chi connectivity index (χ0) is 15.8. The van der Waals surface area contributed by atoms with Gasteiger partial charge < -0.3 is 4.74 Å². The van der Waals surface area contributed by atoms with Gasteiger partial charge in [0, 0.05) is 0 Å². The summed E-state index contributed by atoms with van der Waals surface area (Å²) in [5.74, 6) is 2.75. The Morgan fingerprint density at radius 3 is 2.43 bits per heavy atom. The molecule has 4 fully saturated rings. The maximum Gasteiger partial charge on any atom is 0.359 e. The van der Waals surface area contributed by atoms with Gasteiger partial charge in [0.2, 0.25) is 0 Å². The van der Waals surface area contributed by atoms with Gasteiger partial charge in [0.15, 0.2) is 0 Å². The van der Waals surface area contributed by atoms with Crippen molar-refractivity contribution in [3.8, 4) is 0 Å². The van der Waals surface area contributed by atoms with Crippen LogP contribution in [-0.4, -0.2) is 11.7 Å². The minimum absolute atomic E-state index is 0.204. The minimum atomic E-state index is -2.92. The van der Waals surface area contributed by atoms with Gasteiger partial charge in [-0.25, -0.2) is 0 Å². The van der Waals surface area contributed by atoms with Gasteiger partial charge >= 0.3 is 6.11 Å². The summed E-state index contributed by atoms with van der Waals surface area (Å²) in [5, 5.41) is 0. The lowest BCUT2D eigenvalue weighted by molar-refractivity contribution is -0.330. The zero-order valence-corrected chi connectivity index (χ0v) is 14.0. The summed E-state index contributed by atoms with van der Waals surface area (Å²) >= 11 is 0. The Bertz CT molecular complexity index is 522. The molecule has 0 spiro atoms. The highest BCUT2D eigenvalue weighted by atomic mass is 19.3. The quantitative estimate of drug-likeness (QED) is 0.496. The van der Waals surface area contributed by atoms with E-state index in [0.29, 0.717) is 36.0 Å². The second-order valence-electron chi connectivity index (χ2n) is 9.01. The van der Waals surface area contributed by atoms with Crippen LogP contribution in [0.4, 0.5) is 8.78 Å². The highest BCUT2D eigenvalue weighted by molar-refractivity contribution is 5.21. The van der Waals surface area contributed by atoms with Crippen LogP contribution < -0.4 is 0 Å². The second-order valence-corrected chi connectivity index (χ2v) is 9.01. The van der Waals surface area contributed by atoms with Crippen molar-refractivity contribution in [1.82, 2.24) is 0 Å². The molecular formula is C20H28F2O. The largest absolute Gasteiger partial charge is 0.359 e. The van der Waals surface area contributed by atoms with Crippen LogP contribution in [0.1, 0.15) is 58.3 Å². The lowest BCUT2D eigenvalue weighted by Gasteiger charge is -2.42. The van der Waals surface area contributed by atoms with Crippen LogP contribution in [-0.2, 0) is 4.74 Å². The van der Waals surface area contributed by atoms with Crippen molar-refractivity contribution in [2.24, 2.45) is 41.4 Å². The van der Waals surface area contributed by atoms with Crippen LogP contribution >= 0.6 is 0 Å². The average molecular weight is 322 g/mol. The molecule has 128 valence electrons. The number of hydrogen-bond donors (Lipinski definition) is 0. The summed E-state index contributed by atoms with van der Waals surface area (Å²) in [5.41, 5.74) is -0.542. The van der Waals surface area contributed by atoms with Gasteiger partial charge in [-0.1, -0.05) is 31.9 Å². The zero-order valence-electron chi connectivity index (χ0n) is 14.0. The molecule has 0 aromatic rings. The highest BCUT2D eigenvalue weighted by Crippen LogP contribution is 2.69. The van der Waals surface area contributed by atoms with Crippen molar-refractivity contribution >= 4 is 0 Å². The fourth-order valence-electron chi connectivity index (χ4n) is 7.31. The molecule has 0 heterocycles. The number of halogens is 2. The molecule has 0 amide bonds. The highest BCUT2D eigenvalue weighted by Gasteiger charge is 2.66. The van der Waals surface area contributed by atoms with Gasteiger partial charge in [-0.15, -0.1) is 0 Å². The van der Waals surface area contributed by atoms with E-state index in [-0.39, 0.29) is 5.92 Å². The fourth-order valence-corrected chi connectivity index (χ4v) is 7.31. The molecule has 0 saturated heterocycles. The van der Waals surface area contributed by atoms with E-state index < -0.39 is 17.6 Å². The molecule has 1 nitrogen and oxygen atoms in total. The third-order valence-electron chi connectivity index (χ3n) is 8.21. The SMILES string of the molecule is CCC1(OC(F)(F)C2CC3CC2C2C4C=CC(C4)C32)CCCC1. The standard InChI is InChI=1S/C20H28F2O/c1-2-19(7-3-4-8-19)23-20(21,22)16-11-14-10-15(16)18-13-6-5-12(9-13)17(14)18/h5-6,12-18H,2-4,7-11H2,1H3. The third kappa shape index (κ3) is 1.98. The number of hydrogen-bond acceptors (Lipinski definition) is 1. The molecule has 4 bridgehead atoms. The number of fused-ring (bicyclic) bond motifs is 9. The molecule has 0 aromatic carbocycles. The van der Waals surface area contributed by atoms with Gasteiger partial charge in [0.1, 0.15) is 0 Å². The van der Waals surface area contributed by atoms with E-state index >= 15 is 8.78 Å². The molecule has 5 rings (SSSR count). The van der Waals surface area contributed by atoms with Gasteiger partial charge in [0.05, 0.1) is 11.5 Å². The summed E-state index contributed by atoms with van der Waals surface area (Å²) in [6.07, 6.45) is 9.20. The average Bonchev–Trinajstić information content (AvgIpc) is 3.30. The van der Waals surface area contributed by atoms with Crippen molar-refractivity contribution in [2.75, 3.05) is 0 Å². The first-order valence-electron chi connectivity index (χ1n) is 9.79. The van der Waals surface area contributed by atoms with Gasteiger partial charge in [0.25, 0.3) is 0 Å². The van der Waals surface area contributed by atoms with Gasteiger partial charge in [-0.2, -0.15) is 8.78 Å². The molecule has 3 heteroatoms. The fraction of sp³-hybridized carbons (Fsp3) is 0.900. The summed E-state index contributed by atoms with van der Waals surface area (Å²) < 4.78 is 35.9. The van der Waals surface area contributed by atoms with Crippen LogP contribution in [0, 0.1) is 41.4 Å². The summed E-state index contributed by atoms with van der Waals surface area (Å²) in [7, 11) is 0. The Kier molecular flexibility index (Phi) is 3.10. The molecule has 7 unspecified atom stereocenters. The van der Waals surface area contributed by atoms with Crippen molar-refractivity contribution in [2.45, 2.75) is 70.0 Å². The van der Waals surface area contributed by atoms with Crippen molar-refractivity contribution < 1.29 is 13.5 Å². The number of rotatable bonds is 4. The first-order chi connectivity index (χ1) is 11.0. The molecular weight excluding hydrogens is 294 g/mol. The molecule has 23 heavy (non-hydrogen) atoms. The summed E-state index contributed by atoms with van der Waals surface area (Å²) in [6, 6.07) is 0. The maximum atomic E-state index is 15.1. The monoisotopic (exact) mass is 322 g/mol. The molecule has 5 aliphatic rings. The lowest BCUT2D eigenvalue weighted by Crippen LogP contribution is -2.46. The van der Waals surface area contributed by atoms with E-state index in [9.17, 15) is 0 Å². The Morgan fingerprint density at radius 2 is 1.74 bits per heavy atom. The minimum Gasteiger partial charge on any atom is -0.314 e.